The molecule has 1 aromatic carbocycles. The van der Waals surface area contributed by atoms with Crippen molar-refractivity contribution < 1.29 is 9.50 Å². The maximum Gasteiger partial charge on any atom is 0.191 e. The van der Waals surface area contributed by atoms with Gasteiger partial charge in [-0.15, -0.1) is 0 Å². The Balaban J connectivity index is 1.86. The predicted molar refractivity (Wildman–Crippen MR) is 90.6 cm³/mol. The van der Waals surface area contributed by atoms with E-state index in [0.717, 1.165) is 29.6 Å². The smallest absolute Gasteiger partial charge is 0.191 e. The topological polar surface area (TPSA) is 56.7 Å². The van der Waals surface area contributed by atoms with E-state index in [-0.39, 0.29) is 12.4 Å². The molecule has 1 saturated carbocycles. The molecule has 0 radical (unpaired) electrons. The Morgan fingerprint density at radius 1 is 1.45 bits per heavy atom. The van der Waals surface area contributed by atoms with Crippen molar-refractivity contribution in [1.82, 2.24) is 10.6 Å². The third-order valence-corrected chi connectivity index (χ3v) is 5.12. The Hall–Kier alpha value is -1.27. The van der Waals surface area contributed by atoms with Crippen LogP contribution in [0, 0.1) is 5.82 Å². The van der Waals surface area contributed by atoms with Crippen LogP contribution in [0.15, 0.2) is 23.2 Å². The third-order valence-electron chi connectivity index (χ3n) is 4.02. The zero-order valence-electron chi connectivity index (χ0n) is 13.1. The molecule has 2 rings (SSSR count). The van der Waals surface area contributed by atoms with Crippen molar-refractivity contribution in [3.8, 4) is 0 Å². The van der Waals surface area contributed by atoms with Gasteiger partial charge in [0.1, 0.15) is 5.82 Å². The van der Waals surface area contributed by atoms with E-state index in [9.17, 15) is 4.39 Å². The summed E-state index contributed by atoms with van der Waals surface area (Å²) in [5, 5.41) is 16.5. The molecule has 0 aliphatic heterocycles. The molecular formula is C16H24FN3OS. The highest BCUT2D eigenvalue weighted by molar-refractivity contribution is 7.99. The van der Waals surface area contributed by atoms with Crippen LogP contribution in [-0.2, 0) is 13.2 Å². The monoisotopic (exact) mass is 325 g/mol. The summed E-state index contributed by atoms with van der Waals surface area (Å²) in [4.78, 5) is 4.24. The maximum absolute atomic E-state index is 13.4. The summed E-state index contributed by atoms with van der Waals surface area (Å²) < 4.78 is 13.4. The Bertz CT molecular complexity index is 524. The first-order chi connectivity index (χ1) is 10.7. The van der Waals surface area contributed by atoms with Crippen LogP contribution in [-0.4, -0.2) is 35.7 Å². The van der Waals surface area contributed by atoms with Crippen LogP contribution >= 0.6 is 11.8 Å². The molecule has 2 unspecified atom stereocenters. The van der Waals surface area contributed by atoms with Crippen LogP contribution in [0.2, 0.25) is 0 Å². The Kier molecular flexibility index (Phi) is 6.51. The van der Waals surface area contributed by atoms with Crippen molar-refractivity contribution in [2.75, 3.05) is 13.3 Å². The van der Waals surface area contributed by atoms with E-state index in [2.05, 4.69) is 21.9 Å². The number of aliphatic hydroxyl groups excluding tert-OH is 1. The highest BCUT2D eigenvalue weighted by atomic mass is 32.2. The summed E-state index contributed by atoms with van der Waals surface area (Å²) in [6, 6.07) is 5.24. The van der Waals surface area contributed by atoms with Crippen LogP contribution in [0.4, 0.5) is 4.39 Å². The fourth-order valence-electron chi connectivity index (χ4n) is 2.72. The Morgan fingerprint density at radius 3 is 2.91 bits per heavy atom. The van der Waals surface area contributed by atoms with E-state index >= 15 is 0 Å². The molecule has 122 valence electrons. The molecule has 0 aromatic heterocycles. The van der Waals surface area contributed by atoms with Crippen LogP contribution in [0.3, 0.4) is 0 Å². The summed E-state index contributed by atoms with van der Waals surface area (Å²) >= 11 is 1.93. The van der Waals surface area contributed by atoms with Gasteiger partial charge >= 0.3 is 0 Å². The van der Waals surface area contributed by atoms with E-state index in [1.165, 1.54) is 12.5 Å². The van der Waals surface area contributed by atoms with Gasteiger partial charge in [0, 0.05) is 30.4 Å². The summed E-state index contributed by atoms with van der Waals surface area (Å²) in [5.41, 5.74) is 1.24. The highest BCUT2D eigenvalue weighted by Gasteiger charge is 2.24. The number of aliphatic hydroxyl groups is 1. The zero-order valence-corrected chi connectivity index (χ0v) is 13.9. The zero-order chi connectivity index (χ0) is 15.9. The number of rotatable bonds is 5. The van der Waals surface area contributed by atoms with E-state index in [0.29, 0.717) is 18.2 Å². The molecule has 2 atom stereocenters. The number of hydrogen-bond donors (Lipinski definition) is 3. The van der Waals surface area contributed by atoms with Gasteiger partial charge in [0.05, 0.1) is 6.61 Å². The van der Waals surface area contributed by atoms with Gasteiger partial charge in [-0.25, -0.2) is 4.39 Å². The van der Waals surface area contributed by atoms with Gasteiger partial charge in [-0.2, -0.15) is 11.8 Å². The average Bonchev–Trinajstić information content (AvgIpc) is 3.00. The van der Waals surface area contributed by atoms with Gasteiger partial charge in [0.25, 0.3) is 0 Å². The number of halogens is 1. The maximum atomic E-state index is 13.4. The molecule has 22 heavy (non-hydrogen) atoms. The number of nitrogens with one attached hydrogen (secondary N) is 2. The van der Waals surface area contributed by atoms with Crippen molar-refractivity contribution in [1.29, 1.82) is 0 Å². The van der Waals surface area contributed by atoms with Gasteiger partial charge in [-0.05, 0) is 43.2 Å². The third kappa shape index (κ3) is 4.61. The normalized spacial score (nSPS) is 21.9. The number of guanidine groups is 1. The molecule has 0 amide bonds. The fraction of sp³-hybridized carbons (Fsp3) is 0.562. The van der Waals surface area contributed by atoms with Gasteiger partial charge < -0.3 is 15.7 Å². The molecule has 1 aliphatic rings. The molecule has 1 aromatic rings. The molecular weight excluding hydrogens is 301 g/mol. The first kappa shape index (κ1) is 17.1. The summed E-state index contributed by atoms with van der Waals surface area (Å²) in [5.74, 6) is 0.393. The molecule has 0 saturated heterocycles. The van der Waals surface area contributed by atoms with Gasteiger partial charge in [0.15, 0.2) is 5.96 Å². The largest absolute Gasteiger partial charge is 0.392 e. The molecule has 3 N–H and O–H groups in total. The number of hydrogen-bond acceptors (Lipinski definition) is 3. The minimum Gasteiger partial charge on any atom is -0.392 e. The van der Waals surface area contributed by atoms with E-state index in [1.54, 1.807) is 19.2 Å². The predicted octanol–water partition coefficient (Wildman–Crippen LogP) is 2.27. The van der Waals surface area contributed by atoms with E-state index < -0.39 is 0 Å². The number of benzene rings is 1. The molecule has 4 nitrogen and oxygen atoms in total. The SMILES string of the molecule is CN=C(NCc1ccc(F)c(CO)c1)NC1CCC(SC)C1. The van der Waals surface area contributed by atoms with E-state index in [1.807, 2.05) is 11.8 Å². The molecule has 0 heterocycles. The van der Waals surface area contributed by atoms with Crippen molar-refractivity contribution in [3.63, 3.8) is 0 Å². The lowest BCUT2D eigenvalue weighted by atomic mass is 10.1. The molecule has 1 fully saturated rings. The van der Waals surface area contributed by atoms with Crippen LogP contribution in [0.1, 0.15) is 30.4 Å². The summed E-state index contributed by atoms with van der Waals surface area (Å²) in [7, 11) is 1.75. The molecule has 6 heteroatoms. The van der Waals surface area contributed by atoms with Crippen molar-refractivity contribution in [2.24, 2.45) is 4.99 Å². The summed E-state index contributed by atoms with van der Waals surface area (Å²) in [6.45, 7) is 0.260. The van der Waals surface area contributed by atoms with Crippen LogP contribution in [0.5, 0.6) is 0 Å². The Morgan fingerprint density at radius 2 is 2.27 bits per heavy atom. The van der Waals surface area contributed by atoms with Crippen molar-refractivity contribution >= 4 is 17.7 Å². The fourth-order valence-corrected chi connectivity index (χ4v) is 3.51. The number of nitrogens with zero attached hydrogens (tertiary/aromatic N) is 1. The second kappa shape index (κ2) is 8.39. The van der Waals surface area contributed by atoms with E-state index in [4.69, 9.17) is 5.11 Å². The summed E-state index contributed by atoms with van der Waals surface area (Å²) in [6.07, 6.45) is 5.73. The second-order valence-corrected chi connectivity index (χ2v) is 6.66. The minimum absolute atomic E-state index is 0.287. The van der Waals surface area contributed by atoms with Crippen molar-refractivity contribution in [3.05, 3.63) is 35.1 Å². The lowest BCUT2D eigenvalue weighted by Crippen LogP contribution is -2.42. The molecule has 0 bridgehead atoms. The lowest BCUT2D eigenvalue weighted by molar-refractivity contribution is 0.275. The standard InChI is InChI=1S/C16H24FN3OS/c1-18-16(20-13-4-5-14(8-13)22-2)19-9-11-3-6-15(17)12(7-11)10-21/h3,6-7,13-14,21H,4-5,8-10H2,1-2H3,(H2,18,19,20). The second-order valence-electron chi connectivity index (χ2n) is 5.52. The van der Waals surface area contributed by atoms with Gasteiger partial charge in [0.2, 0.25) is 0 Å². The first-order valence-electron chi connectivity index (χ1n) is 7.54. The highest BCUT2D eigenvalue weighted by Crippen LogP contribution is 2.28. The van der Waals surface area contributed by atoms with Crippen molar-refractivity contribution in [2.45, 2.75) is 43.7 Å². The molecule has 0 spiro atoms. The molecule has 1 aliphatic carbocycles. The average molecular weight is 325 g/mol. The first-order valence-corrected chi connectivity index (χ1v) is 8.83. The number of aliphatic imine (C=N–C) groups is 1. The lowest BCUT2D eigenvalue weighted by Gasteiger charge is -2.17. The number of thioether (sulfide) groups is 1. The van der Waals surface area contributed by atoms with Gasteiger partial charge in [-0.1, -0.05) is 6.07 Å². The Labute approximate surface area is 135 Å². The van der Waals surface area contributed by atoms with Gasteiger partial charge in [-0.3, -0.25) is 4.99 Å². The quantitative estimate of drug-likeness (QED) is 0.574. The minimum atomic E-state index is -0.372. The van der Waals surface area contributed by atoms with Crippen LogP contribution in [0.25, 0.3) is 0 Å². The van der Waals surface area contributed by atoms with Crippen LogP contribution < -0.4 is 10.6 Å².